The molecule has 3 aromatic carbocycles. The number of nitrogens with zero attached hydrogens (tertiary/aromatic N) is 8. The summed E-state index contributed by atoms with van der Waals surface area (Å²) in [6, 6.07) is 65.7. The van der Waals surface area contributed by atoms with E-state index in [4.69, 9.17) is 0 Å². The van der Waals surface area contributed by atoms with Gasteiger partial charge in [-0.15, -0.1) is 0 Å². The first-order valence-electron chi connectivity index (χ1n) is 25.8. The minimum atomic E-state index is -10.7. The summed E-state index contributed by atoms with van der Waals surface area (Å²) < 4.78 is 118. The molecule has 11 rings (SSSR count). The summed E-state index contributed by atoms with van der Waals surface area (Å²) in [6.07, 6.45) is 20.1. The van der Waals surface area contributed by atoms with Crippen LogP contribution < -0.4 is 10.2 Å². The Morgan fingerprint density at radius 3 is 0.587 bits per heavy atom. The molecule has 478 valence electrons. The van der Waals surface area contributed by atoms with Crippen LogP contribution in [0, 0.1) is 0 Å². The van der Waals surface area contributed by atoms with Crippen molar-refractivity contribution in [2.45, 2.75) is 0 Å². The van der Waals surface area contributed by atoms with Crippen LogP contribution in [0.4, 0.5) is 50.4 Å². The summed E-state index contributed by atoms with van der Waals surface area (Å²) in [6.45, 7) is 0. The molecule has 0 aliphatic heterocycles. The molecule has 8 heterocycles. The largest absolute Gasteiger partial charge is 2.00 e. The molecular weight excluding hydrogens is 1440 g/mol. The maximum atomic E-state index is 12.1. The number of para-hydroxylation sites is 2. The molecule has 0 saturated heterocycles. The maximum Gasteiger partial charge on any atom is 2.00 e. The number of hydrogen-bond acceptors (Lipinski definition) is 12. The summed E-state index contributed by atoms with van der Waals surface area (Å²) in [4.78, 5) is 57.7. The van der Waals surface area contributed by atoms with Crippen LogP contribution in [0.25, 0.3) is 57.7 Å². The van der Waals surface area contributed by atoms with E-state index in [1.807, 2.05) is 146 Å². The first-order valence-corrected chi connectivity index (χ1v) is 29.9. The van der Waals surface area contributed by atoms with Gasteiger partial charge in [-0.2, -0.15) is 0 Å². The van der Waals surface area contributed by atoms with Crippen molar-refractivity contribution in [1.29, 1.82) is 0 Å². The molecule has 0 saturated carbocycles. The number of carbonyl (C=O) groups is 2. The molecule has 12 nitrogen and oxygen atoms in total. The van der Waals surface area contributed by atoms with Gasteiger partial charge in [-0.05, 0) is 120 Å². The number of halogens is 12. The van der Waals surface area contributed by atoms with Crippen LogP contribution in [0.5, 0.6) is 11.5 Å². The second-order valence-electron chi connectivity index (χ2n) is 17.7. The molecule has 0 aliphatic carbocycles. The van der Waals surface area contributed by atoms with Crippen molar-refractivity contribution >= 4 is 39.3 Å². The molecule has 0 aliphatic rings. The molecular formula is C64H48F12N8O4P2Ru2. The molecule has 0 spiro atoms. The quantitative estimate of drug-likeness (QED) is 0.0416. The zero-order valence-electron chi connectivity index (χ0n) is 47.1. The van der Waals surface area contributed by atoms with Crippen molar-refractivity contribution in [3.8, 4) is 57.1 Å². The van der Waals surface area contributed by atoms with Gasteiger partial charge in [-0.25, -0.2) is 0 Å². The molecule has 0 unspecified atom stereocenters. The summed E-state index contributed by atoms with van der Waals surface area (Å²) >= 11 is 0. The molecule has 0 atom stereocenters. The Hall–Kier alpha value is -9.45. The van der Waals surface area contributed by atoms with Crippen molar-refractivity contribution in [2.24, 2.45) is 0 Å². The summed E-state index contributed by atoms with van der Waals surface area (Å²) in [7, 11) is -21.3. The Labute approximate surface area is 544 Å². The third kappa shape index (κ3) is 35.1. The van der Waals surface area contributed by atoms with Gasteiger partial charge in [0.05, 0.1) is 45.6 Å². The van der Waals surface area contributed by atoms with Crippen molar-refractivity contribution in [1.82, 2.24) is 39.9 Å². The van der Waals surface area contributed by atoms with Gasteiger partial charge < -0.3 is 10.2 Å². The predicted molar refractivity (Wildman–Crippen MR) is 322 cm³/mol. The van der Waals surface area contributed by atoms with E-state index in [-0.39, 0.29) is 73.1 Å². The molecule has 11 aromatic rings. The molecule has 28 heteroatoms. The van der Waals surface area contributed by atoms with Crippen LogP contribution in [0.3, 0.4) is 0 Å². The van der Waals surface area contributed by atoms with Gasteiger partial charge in [0.2, 0.25) is 0 Å². The van der Waals surface area contributed by atoms with Gasteiger partial charge in [0.25, 0.3) is 0 Å². The van der Waals surface area contributed by atoms with Gasteiger partial charge in [0.1, 0.15) is 0 Å². The molecule has 0 radical (unpaired) electrons. The van der Waals surface area contributed by atoms with Crippen molar-refractivity contribution in [2.75, 3.05) is 0 Å². The first-order chi connectivity index (χ1) is 42.3. The van der Waals surface area contributed by atoms with E-state index in [1.165, 1.54) is 36.4 Å². The number of hydrogen-bond donors (Lipinski definition) is 0. The fourth-order valence-electron chi connectivity index (χ4n) is 6.70. The van der Waals surface area contributed by atoms with Gasteiger partial charge in [-0.1, -0.05) is 145 Å². The first kappa shape index (κ1) is 76.8. The monoisotopic (exact) mass is 1490 g/mol. The SMILES string of the molecule is F[P-](F)(F)(F)(F)F.F[P-](F)(F)(F)(F)F.O=C(/C=C/c1ccc(/C=C/C(=O)c2ccccc2[O-])cc1)c1ccccc1[O-].[Ru+2].[Ru+2].c1ccc(-c2ccccn2)nc1.c1ccc(-c2ccccn2)nc1.c1ccc(-c2ccccn2)nc1.c1ccc(-c2ccccn2)nc1. The van der Waals surface area contributed by atoms with Crippen LogP contribution in [0.2, 0.25) is 0 Å². The van der Waals surface area contributed by atoms with Crippen LogP contribution in [-0.2, 0) is 39.0 Å². The van der Waals surface area contributed by atoms with Gasteiger partial charge in [-0.3, -0.25) is 49.5 Å². The van der Waals surface area contributed by atoms with Crippen molar-refractivity contribution in [3.05, 3.63) is 302 Å². The van der Waals surface area contributed by atoms with E-state index in [0.717, 1.165) is 56.7 Å². The number of allylic oxidation sites excluding steroid dienone is 2. The van der Waals surface area contributed by atoms with Crippen LogP contribution in [0.1, 0.15) is 31.8 Å². The zero-order valence-corrected chi connectivity index (χ0v) is 52.3. The van der Waals surface area contributed by atoms with E-state index in [9.17, 15) is 70.2 Å². The molecule has 0 N–H and O–H groups in total. The Morgan fingerprint density at radius 2 is 0.435 bits per heavy atom. The fourth-order valence-corrected chi connectivity index (χ4v) is 6.70. The number of benzene rings is 3. The number of carbonyl (C=O) groups excluding carboxylic acids is 2. The van der Waals surface area contributed by atoms with E-state index in [2.05, 4.69) is 39.9 Å². The molecule has 0 amide bonds. The Morgan fingerprint density at radius 1 is 0.272 bits per heavy atom. The number of ketones is 2. The molecule has 8 aromatic heterocycles. The third-order valence-corrected chi connectivity index (χ3v) is 10.5. The normalized spacial score (nSPS) is 12.0. The fraction of sp³-hybridized carbons (Fsp3) is 0. The average molecular weight is 1490 g/mol. The van der Waals surface area contributed by atoms with Gasteiger partial charge in [0.15, 0.2) is 11.6 Å². The Bertz CT molecular complexity index is 3450. The maximum absolute atomic E-state index is 12.1. The minimum Gasteiger partial charge on any atom is -0.872 e. The molecule has 92 heavy (non-hydrogen) atoms. The zero-order chi connectivity index (χ0) is 65.7. The average Bonchev–Trinajstić information content (AvgIpc) is 0.819. The smallest absolute Gasteiger partial charge is 0.872 e. The number of aromatic nitrogens is 8. The molecule has 0 bridgehead atoms. The van der Waals surface area contributed by atoms with E-state index >= 15 is 0 Å². The summed E-state index contributed by atoms with van der Waals surface area (Å²) in [5.41, 5.74) is 9.15. The standard InChI is InChI=1S/C24H18O4.4C10H8N2.2F6P.2Ru/c25-21-7-3-1-5-19(21)23(27)15-13-17-9-11-18(12-10-17)14-16-24(28)20-6-2-4-8-22(20)26;4*1-3-7-11-9(5-1)10-6-2-4-8-12-10;2*1-7(2,3,4,5)6;;/h1-16,25-26H;4*1-8H;;;;/q;;;;;2*-1;2*+2/p-2/b15-13+,16-14+;;;;;;;;. The van der Waals surface area contributed by atoms with Crippen LogP contribution in [0.15, 0.2) is 280 Å². The predicted octanol–water partition coefficient (Wildman–Crippen LogP) is 19.0. The minimum absolute atomic E-state index is 0. The number of pyridine rings is 8. The summed E-state index contributed by atoms with van der Waals surface area (Å²) in [5.74, 6) is -1.31. The topological polar surface area (TPSA) is 183 Å². The van der Waals surface area contributed by atoms with Gasteiger partial charge in [0, 0.05) is 60.7 Å². The molecule has 0 fully saturated rings. The van der Waals surface area contributed by atoms with Crippen molar-refractivity contribution in [3.63, 3.8) is 0 Å². The summed E-state index contributed by atoms with van der Waals surface area (Å²) in [5, 5.41) is 23.3. The van der Waals surface area contributed by atoms with E-state index < -0.39 is 15.6 Å². The van der Waals surface area contributed by atoms with Gasteiger partial charge >= 0.3 is 105 Å². The second kappa shape index (κ2) is 34.1. The Kier molecular flexibility index (Phi) is 28.5. The van der Waals surface area contributed by atoms with Crippen LogP contribution >= 0.6 is 15.6 Å². The van der Waals surface area contributed by atoms with Crippen molar-refractivity contribution < 1.29 is 109 Å². The van der Waals surface area contributed by atoms with E-state index in [1.54, 1.807) is 110 Å². The second-order valence-corrected chi connectivity index (χ2v) is 21.5. The third-order valence-electron chi connectivity index (χ3n) is 10.5. The van der Waals surface area contributed by atoms with Crippen LogP contribution in [-0.4, -0.2) is 51.4 Å². The van der Waals surface area contributed by atoms with E-state index in [0.29, 0.717) is 0 Å². The Balaban J connectivity index is 0.000000296. The number of rotatable bonds is 10.